The van der Waals surface area contributed by atoms with Crippen LogP contribution in [0.1, 0.15) is 12.8 Å². The predicted octanol–water partition coefficient (Wildman–Crippen LogP) is 1.01. The van der Waals surface area contributed by atoms with Gasteiger partial charge in [-0.1, -0.05) is 0 Å². The molecule has 0 atom stereocenters. The first kappa shape index (κ1) is 17.6. The van der Waals surface area contributed by atoms with Crippen molar-refractivity contribution in [2.24, 2.45) is 11.1 Å². The molecule has 3 N–H and O–H groups in total. The Morgan fingerprint density at radius 2 is 2.04 bits per heavy atom. The second-order valence-electron chi connectivity index (χ2n) is 5.30. The van der Waals surface area contributed by atoms with Crippen molar-refractivity contribution in [2.75, 3.05) is 18.4 Å². The smallest absolute Gasteiger partial charge is 0.322 e. The summed E-state index contributed by atoms with van der Waals surface area (Å²) in [4.78, 5) is 23.5. The lowest BCUT2D eigenvalue weighted by atomic mass is 9.99. The number of urea groups is 1. The van der Waals surface area contributed by atoms with Gasteiger partial charge in [-0.05, 0) is 25.0 Å². The highest BCUT2D eigenvalue weighted by Gasteiger charge is 2.25. The first-order valence-electron chi connectivity index (χ1n) is 6.99. The number of sulfonamides is 1. The van der Waals surface area contributed by atoms with Gasteiger partial charge in [0, 0.05) is 25.1 Å². The van der Waals surface area contributed by atoms with Crippen LogP contribution in [0.25, 0.3) is 0 Å². The Morgan fingerprint density at radius 1 is 1.42 bits per heavy atom. The minimum atomic E-state index is -4.09. The summed E-state index contributed by atoms with van der Waals surface area (Å²) in [6, 6.07) is 4.60. The highest BCUT2D eigenvalue weighted by Crippen LogP contribution is 2.28. The molecule has 10 nitrogen and oxygen atoms in total. The molecule has 0 aliphatic carbocycles. The standard InChI is InChI=1S/C13H15N5O5S/c14-8-9-3-5-17(6-4-9)13(19)16-11-2-1-10(24(15,22)23)7-12(11)18(20)21/h1-2,7,9H,3-6H2,(H,16,19)(H2,15,22,23). The van der Waals surface area contributed by atoms with Gasteiger partial charge in [-0.25, -0.2) is 18.4 Å². The number of nitrogens with two attached hydrogens (primary N) is 1. The summed E-state index contributed by atoms with van der Waals surface area (Å²) in [6.07, 6.45) is 1.08. The lowest BCUT2D eigenvalue weighted by Crippen LogP contribution is -2.40. The molecule has 0 saturated carbocycles. The summed E-state index contributed by atoms with van der Waals surface area (Å²) in [7, 11) is -4.09. The molecule has 11 heteroatoms. The van der Waals surface area contributed by atoms with E-state index in [4.69, 9.17) is 10.4 Å². The van der Waals surface area contributed by atoms with Crippen LogP contribution in [0.3, 0.4) is 0 Å². The molecule has 1 fully saturated rings. The van der Waals surface area contributed by atoms with E-state index >= 15 is 0 Å². The van der Waals surface area contributed by atoms with Crippen molar-refractivity contribution in [3.63, 3.8) is 0 Å². The maximum Gasteiger partial charge on any atom is 0.322 e. The van der Waals surface area contributed by atoms with Crippen LogP contribution in [-0.4, -0.2) is 37.4 Å². The van der Waals surface area contributed by atoms with Gasteiger partial charge in [0.25, 0.3) is 5.69 Å². The zero-order valence-electron chi connectivity index (χ0n) is 12.5. The Balaban J connectivity index is 2.19. The predicted molar refractivity (Wildman–Crippen MR) is 83.4 cm³/mol. The molecular formula is C13H15N5O5S. The van der Waals surface area contributed by atoms with Crippen LogP contribution in [0.15, 0.2) is 23.1 Å². The number of likely N-dealkylation sites (tertiary alicyclic amines) is 1. The number of nitrogens with one attached hydrogen (secondary N) is 1. The van der Waals surface area contributed by atoms with E-state index in [9.17, 15) is 23.3 Å². The number of nitriles is 1. The van der Waals surface area contributed by atoms with Crippen molar-refractivity contribution >= 4 is 27.4 Å². The molecule has 2 amide bonds. The number of nitro groups is 1. The van der Waals surface area contributed by atoms with Crippen LogP contribution in [0.5, 0.6) is 0 Å². The SMILES string of the molecule is N#CC1CCN(C(=O)Nc2ccc(S(N)(=O)=O)cc2[N+](=O)[O-])CC1. The summed E-state index contributed by atoms with van der Waals surface area (Å²) in [5.41, 5.74) is -0.693. The molecular weight excluding hydrogens is 338 g/mol. The molecule has 1 aromatic rings. The Morgan fingerprint density at radius 3 is 2.54 bits per heavy atom. The molecule has 128 valence electrons. The van der Waals surface area contributed by atoms with Crippen molar-refractivity contribution in [3.8, 4) is 6.07 Å². The summed E-state index contributed by atoms with van der Waals surface area (Å²) < 4.78 is 22.6. The highest BCUT2D eigenvalue weighted by atomic mass is 32.2. The normalized spacial score (nSPS) is 15.6. The number of nitrogens with zero attached hydrogens (tertiary/aromatic N) is 3. The fraction of sp³-hybridized carbons (Fsp3) is 0.385. The third-order valence-corrected chi connectivity index (χ3v) is 4.61. The lowest BCUT2D eigenvalue weighted by Gasteiger charge is -2.29. The average Bonchev–Trinajstić information content (AvgIpc) is 2.54. The van der Waals surface area contributed by atoms with Gasteiger partial charge in [0.05, 0.1) is 15.9 Å². The van der Waals surface area contributed by atoms with Crippen LogP contribution >= 0.6 is 0 Å². The van der Waals surface area contributed by atoms with Crippen molar-refractivity contribution in [2.45, 2.75) is 17.7 Å². The van der Waals surface area contributed by atoms with E-state index in [1.807, 2.05) is 0 Å². The van der Waals surface area contributed by atoms with Crippen LogP contribution in [-0.2, 0) is 10.0 Å². The van der Waals surface area contributed by atoms with Gasteiger partial charge < -0.3 is 10.2 Å². The quantitative estimate of drug-likeness (QED) is 0.609. The molecule has 0 aromatic heterocycles. The average molecular weight is 353 g/mol. The van der Waals surface area contributed by atoms with E-state index in [0.717, 1.165) is 18.2 Å². The third kappa shape index (κ3) is 3.98. The fourth-order valence-corrected chi connectivity index (χ4v) is 2.88. The number of amides is 2. The minimum Gasteiger partial charge on any atom is -0.324 e. The Bertz CT molecular complexity index is 809. The molecule has 0 spiro atoms. The largest absolute Gasteiger partial charge is 0.324 e. The van der Waals surface area contributed by atoms with Gasteiger partial charge in [0.2, 0.25) is 10.0 Å². The number of rotatable bonds is 3. The molecule has 1 aliphatic rings. The topological polar surface area (TPSA) is 159 Å². The number of primary sulfonamides is 1. The lowest BCUT2D eigenvalue weighted by molar-refractivity contribution is -0.384. The van der Waals surface area contributed by atoms with E-state index in [1.54, 1.807) is 0 Å². The van der Waals surface area contributed by atoms with Gasteiger partial charge in [0.1, 0.15) is 5.69 Å². The molecule has 1 aromatic carbocycles. The van der Waals surface area contributed by atoms with E-state index in [2.05, 4.69) is 11.4 Å². The van der Waals surface area contributed by atoms with Gasteiger partial charge in [-0.15, -0.1) is 0 Å². The Kier molecular flexibility index (Phi) is 5.01. The van der Waals surface area contributed by atoms with Gasteiger partial charge in [-0.2, -0.15) is 5.26 Å². The number of piperidine rings is 1. The molecule has 1 saturated heterocycles. The van der Waals surface area contributed by atoms with Crippen molar-refractivity contribution in [3.05, 3.63) is 28.3 Å². The molecule has 0 bridgehead atoms. The zero-order valence-corrected chi connectivity index (χ0v) is 13.3. The number of carbonyl (C=O) groups excluding carboxylic acids is 1. The Hall–Kier alpha value is -2.71. The van der Waals surface area contributed by atoms with Crippen LogP contribution in [0.4, 0.5) is 16.2 Å². The van der Waals surface area contributed by atoms with Gasteiger partial charge in [-0.3, -0.25) is 10.1 Å². The molecule has 1 aliphatic heterocycles. The van der Waals surface area contributed by atoms with Gasteiger partial charge in [0.15, 0.2) is 0 Å². The van der Waals surface area contributed by atoms with E-state index < -0.39 is 31.6 Å². The first-order valence-corrected chi connectivity index (χ1v) is 8.54. The van der Waals surface area contributed by atoms with Crippen LogP contribution in [0.2, 0.25) is 0 Å². The third-order valence-electron chi connectivity index (χ3n) is 3.70. The van der Waals surface area contributed by atoms with E-state index in [-0.39, 0.29) is 11.6 Å². The van der Waals surface area contributed by atoms with Crippen LogP contribution < -0.4 is 10.5 Å². The number of benzene rings is 1. The minimum absolute atomic E-state index is 0.0996. The van der Waals surface area contributed by atoms with Crippen molar-refractivity contribution < 1.29 is 18.1 Å². The van der Waals surface area contributed by atoms with Crippen molar-refractivity contribution in [1.29, 1.82) is 5.26 Å². The maximum absolute atomic E-state index is 12.2. The molecule has 0 radical (unpaired) electrons. The summed E-state index contributed by atoms with van der Waals surface area (Å²) >= 11 is 0. The molecule has 0 unspecified atom stereocenters. The molecule has 1 heterocycles. The molecule has 24 heavy (non-hydrogen) atoms. The molecule has 2 rings (SSSR count). The van der Waals surface area contributed by atoms with Gasteiger partial charge >= 0.3 is 6.03 Å². The zero-order chi connectivity index (χ0) is 17.9. The number of anilines is 1. The fourth-order valence-electron chi connectivity index (χ4n) is 2.35. The first-order chi connectivity index (χ1) is 11.2. The van der Waals surface area contributed by atoms with E-state index in [1.165, 1.54) is 4.90 Å². The summed E-state index contributed by atoms with van der Waals surface area (Å²) in [5.74, 6) is -0.0996. The second-order valence-corrected chi connectivity index (χ2v) is 6.86. The second kappa shape index (κ2) is 6.81. The number of hydrogen-bond acceptors (Lipinski definition) is 6. The van der Waals surface area contributed by atoms with Crippen LogP contribution in [0, 0.1) is 27.4 Å². The number of carbonyl (C=O) groups is 1. The monoisotopic (exact) mass is 353 g/mol. The van der Waals surface area contributed by atoms with Crippen molar-refractivity contribution in [1.82, 2.24) is 4.90 Å². The number of hydrogen-bond donors (Lipinski definition) is 2. The number of nitro benzene ring substituents is 1. The Labute approximate surface area is 138 Å². The van der Waals surface area contributed by atoms with E-state index in [0.29, 0.717) is 25.9 Å². The summed E-state index contributed by atoms with van der Waals surface area (Å²) in [5, 5.41) is 27.3. The summed E-state index contributed by atoms with van der Waals surface area (Å²) in [6.45, 7) is 0.736. The highest BCUT2D eigenvalue weighted by molar-refractivity contribution is 7.89. The maximum atomic E-state index is 12.2.